The van der Waals surface area contributed by atoms with Crippen LogP contribution in [0.15, 0.2) is 48.5 Å². The van der Waals surface area contributed by atoms with Gasteiger partial charge in [-0.25, -0.2) is 4.39 Å². The van der Waals surface area contributed by atoms with Crippen LogP contribution in [-0.2, 0) is 9.53 Å². The van der Waals surface area contributed by atoms with E-state index in [4.69, 9.17) is 14.2 Å². The van der Waals surface area contributed by atoms with Crippen LogP contribution in [0, 0.1) is 5.82 Å². The van der Waals surface area contributed by atoms with Crippen LogP contribution in [0.2, 0.25) is 0 Å². The second kappa shape index (κ2) is 14.1. The van der Waals surface area contributed by atoms with Crippen molar-refractivity contribution in [2.24, 2.45) is 0 Å². The lowest BCUT2D eigenvalue weighted by Gasteiger charge is -2.25. The van der Waals surface area contributed by atoms with Gasteiger partial charge in [0, 0.05) is 25.8 Å². The predicted octanol–water partition coefficient (Wildman–Crippen LogP) is 5.09. The van der Waals surface area contributed by atoms with Crippen LogP contribution in [0.1, 0.15) is 62.2 Å². The third-order valence-electron chi connectivity index (χ3n) is 7.17. The molecule has 2 heterocycles. The number of likely N-dealkylation sites (tertiary alicyclic amines) is 1. The molecule has 1 saturated heterocycles. The van der Waals surface area contributed by atoms with Crippen molar-refractivity contribution in [3.05, 3.63) is 59.9 Å². The summed E-state index contributed by atoms with van der Waals surface area (Å²) in [6.45, 7) is 4.92. The van der Waals surface area contributed by atoms with E-state index in [0.29, 0.717) is 43.3 Å². The maximum absolute atomic E-state index is 13.4. The predicted molar refractivity (Wildman–Crippen MR) is 143 cm³/mol. The number of ether oxygens (including phenoxy) is 3. The molecule has 0 aliphatic carbocycles. The summed E-state index contributed by atoms with van der Waals surface area (Å²) in [5.74, 6) is 0.427. The van der Waals surface area contributed by atoms with E-state index in [2.05, 4.69) is 0 Å². The van der Waals surface area contributed by atoms with E-state index < -0.39 is 0 Å². The number of para-hydroxylation sites is 1. The average molecular weight is 527 g/mol. The van der Waals surface area contributed by atoms with Gasteiger partial charge in [-0.2, -0.15) is 0 Å². The maximum Gasteiger partial charge on any atom is 0.257 e. The maximum atomic E-state index is 13.4. The Morgan fingerprint density at radius 3 is 2.58 bits per heavy atom. The fourth-order valence-corrected chi connectivity index (χ4v) is 5.02. The van der Waals surface area contributed by atoms with Crippen molar-refractivity contribution in [2.45, 2.75) is 64.1 Å². The molecule has 1 fully saturated rings. The number of hydrogen-bond acceptors (Lipinski definition) is 5. The Hall–Kier alpha value is -3.13. The normalized spacial score (nSPS) is 21.4. The van der Waals surface area contributed by atoms with E-state index in [1.54, 1.807) is 23.1 Å². The van der Waals surface area contributed by atoms with Gasteiger partial charge in [0.25, 0.3) is 5.91 Å². The van der Waals surface area contributed by atoms with Gasteiger partial charge in [-0.15, -0.1) is 0 Å². The molecular formula is C30H39FN2O5. The van der Waals surface area contributed by atoms with Crippen LogP contribution in [0.5, 0.6) is 11.5 Å². The Kier molecular flexibility index (Phi) is 10.4. The highest BCUT2D eigenvalue weighted by molar-refractivity contribution is 5.97. The van der Waals surface area contributed by atoms with Crippen LogP contribution >= 0.6 is 0 Å². The molecule has 2 aromatic rings. The molecule has 0 bridgehead atoms. The van der Waals surface area contributed by atoms with Gasteiger partial charge in [0.15, 0.2) is 0 Å². The fraction of sp³-hybridized carbons (Fsp3) is 0.533. The summed E-state index contributed by atoms with van der Waals surface area (Å²) >= 11 is 0. The third-order valence-corrected chi connectivity index (χ3v) is 7.17. The summed E-state index contributed by atoms with van der Waals surface area (Å²) in [5, 5.41) is 0. The highest BCUT2D eigenvalue weighted by Gasteiger charge is 2.38. The topological polar surface area (TPSA) is 68.3 Å². The standard InChI is InChI=1S/C30H39FN2O5/c1-2-32-17-9-5-3-4-6-10-18-37-27-21-33(29(34)16-19-36-24-13-11-12-23(31)20-24)22-28(27)38-26-15-8-7-14-25(26)30(32)35/h7-8,11-15,20,27-28H,2-6,9-10,16-19,21-22H2,1H3/t27-,28-/m1/s1. The molecule has 0 saturated carbocycles. The van der Waals surface area contributed by atoms with Crippen molar-refractivity contribution >= 4 is 11.8 Å². The molecule has 4 rings (SSSR count). The number of fused-ring (bicyclic) bond motifs is 2. The first-order valence-electron chi connectivity index (χ1n) is 13.9. The molecular weight excluding hydrogens is 487 g/mol. The van der Waals surface area contributed by atoms with Gasteiger partial charge >= 0.3 is 0 Å². The van der Waals surface area contributed by atoms with Crippen molar-refractivity contribution in [2.75, 3.05) is 39.4 Å². The van der Waals surface area contributed by atoms with Gasteiger partial charge in [-0.3, -0.25) is 9.59 Å². The van der Waals surface area contributed by atoms with Gasteiger partial charge in [-0.1, -0.05) is 43.9 Å². The van der Waals surface area contributed by atoms with Gasteiger partial charge in [-0.05, 0) is 44.0 Å². The number of hydrogen-bond donors (Lipinski definition) is 0. The first kappa shape index (κ1) is 27.9. The number of carbonyl (C=O) groups is 2. The Balaban J connectivity index is 1.44. The highest BCUT2D eigenvalue weighted by Crippen LogP contribution is 2.27. The summed E-state index contributed by atoms with van der Waals surface area (Å²) in [4.78, 5) is 30.0. The van der Waals surface area contributed by atoms with Crippen LogP contribution in [0.3, 0.4) is 0 Å². The van der Waals surface area contributed by atoms with Crippen LogP contribution in [-0.4, -0.2) is 73.2 Å². The van der Waals surface area contributed by atoms with E-state index in [9.17, 15) is 14.0 Å². The lowest BCUT2D eigenvalue weighted by Crippen LogP contribution is -2.35. The number of halogens is 1. The molecule has 2 atom stereocenters. The van der Waals surface area contributed by atoms with Crippen molar-refractivity contribution in [1.82, 2.24) is 9.80 Å². The lowest BCUT2D eigenvalue weighted by molar-refractivity contribution is -0.131. The minimum absolute atomic E-state index is 0.0342. The summed E-state index contributed by atoms with van der Waals surface area (Å²) in [7, 11) is 0. The van der Waals surface area contributed by atoms with Crippen molar-refractivity contribution in [3.8, 4) is 11.5 Å². The molecule has 38 heavy (non-hydrogen) atoms. The van der Waals surface area contributed by atoms with Crippen LogP contribution in [0.4, 0.5) is 4.39 Å². The quantitative estimate of drug-likeness (QED) is 0.543. The Bertz CT molecular complexity index is 1060. The smallest absolute Gasteiger partial charge is 0.257 e. The molecule has 2 aliphatic rings. The molecule has 0 unspecified atom stereocenters. The largest absolute Gasteiger partial charge is 0.493 e. The molecule has 2 aliphatic heterocycles. The Morgan fingerprint density at radius 2 is 1.76 bits per heavy atom. The Labute approximate surface area is 224 Å². The zero-order chi connectivity index (χ0) is 26.7. The zero-order valence-electron chi connectivity index (χ0n) is 22.3. The van der Waals surface area contributed by atoms with Crippen molar-refractivity contribution in [1.29, 1.82) is 0 Å². The minimum Gasteiger partial charge on any atom is -0.493 e. The summed E-state index contributed by atoms with van der Waals surface area (Å²) in [5.41, 5.74) is 0.536. The summed E-state index contributed by atoms with van der Waals surface area (Å²) in [6, 6.07) is 13.2. The average Bonchev–Trinajstić information content (AvgIpc) is 3.32. The number of nitrogens with zero attached hydrogens (tertiary/aromatic N) is 2. The van der Waals surface area contributed by atoms with Crippen LogP contribution < -0.4 is 9.47 Å². The molecule has 0 spiro atoms. The van der Waals surface area contributed by atoms with Crippen molar-refractivity contribution in [3.63, 3.8) is 0 Å². The molecule has 8 heteroatoms. The molecule has 0 N–H and O–H groups in total. The first-order valence-corrected chi connectivity index (χ1v) is 13.9. The molecule has 206 valence electrons. The van der Waals surface area contributed by atoms with Crippen molar-refractivity contribution < 1.29 is 28.2 Å². The molecule has 2 amide bonds. The summed E-state index contributed by atoms with van der Waals surface area (Å²) < 4.78 is 31.6. The number of amides is 2. The van der Waals surface area contributed by atoms with E-state index in [1.807, 2.05) is 30.0 Å². The highest BCUT2D eigenvalue weighted by atomic mass is 19.1. The second-order valence-corrected chi connectivity index (χ2v) is 9.92. The monoisotopic (exact) mass is 526 g/mol. The lowest BCUT2D eigenvalue weighted by atomic mass is 10.1. The van der Waals surface area contributed by atoms with E-state index in [0.717, 1.165) is 45.1 Å². The number of benzene rings is 2. The molecule has 2 aromatic carbocycles. The van der Waals surface area contributed by atoms with E-state index in [-0.39, 0.29) is 42.9 Å². The number of rotatable bonds is 5. The van der Waals surface area contributed by atoms with E-state index >= 15 is 0 Å². The van der Waals surface area contributed by atoms with E-state index in [1.165, 1.54) is 12.1 Å². The fourth-order valence-electron chi connectivity index (χ4n) is 5.02. The van der Waals surface area contributed by atoms with Crippen LogP contribution in [0.25, 0.3) is 0 Å². The molecule has 0 aromatic heterocycles. The Morgan fingerprint density at radius 1 is 1.00 bits per heavy atom. The zero-order valence-corrected chi connectivity index (χ0v) is 22.3. The number of carbonyl (C=O) groups excluding carboxylic acids is 2. The summed E-state index contributed by atoms with van der Waals surface area (Å²) in [6.07, 6.45) is 5.94. The third kappa shape index (κ3) is 7.69. The molecule has 7 nitrogen and oxygen atoms in total. The molecule has 0 radical (unpaired) electrons. The second-order valence-electron chi connectivity index (χ2n) is 9.92. The van der Waals surface area contributed by atoms with Gasteiger partial charge in [0.1, 0.15) is 29.5 Å². The minimum atomic E-state index is -0.389. The SMILES string of the molecule is CCN1CCCCCCCCO[C@@H]2CN(C(=O)CCOc3cccc(F)c3)C[C@H]2Oc2ccccc2C1=O. The van der Waals surface area contributed by atoms with Gasteiger partial charge in [0.2, 0.25) is 5.91 Å². The van der Waals surface area contributed by atoms with Gasteiger partial charge in [0.05, 0.1) is 31.7 Å². The van der Waals surface area contributed by atoms with Gasteiger partial charge < -0.3 is 24.0 Å². The first-order chi connectivity index (χ1) is 18.5.